The van der Waals surface area contributed by atoms with Crippen LogP contribution in [0.25, 0.3) is 0 Å². The van der Waals surface area contributed by atoms with E-state index in [1.807, 2.05) is 25.1 Å². The minimum absolute atomic E-state index is 0.0205. The zero-order valence-electron chi connectivity index (χ0n) is 18.1. The molecule has 1 saturated heterocycles. The maximum Gasteiger partial charge on any atom is 0.416 e. The Bertz CT molecular complexity index is 947. The van der Waals surface area contributed by atoms with Gasteiger partial charge in [-0.3, -0.25) is 14.5 Å². The number of rotatable bonds is 8. The highest BCUT2D eigenvalue weighted by molar-refractivity contribution is 8.00. The molecule has 0 aliphatic carbocycles. The molecule has 1 heterocycles. The molecule has 1 aliphatic rings. The molecule has 8 heteroatoms. The molecule has 1 fully saturated rings. The standard InChI is InChI=1S/C24H27F3N2O2S/c1-3-5-7-16(4-2)22(31)28-19-9-6-8-17(14-19)23-29(21(30)15-32-23)20-12-10-18(11-13-20)24(25,26)27/h6,8-14,16,23H,3-5,7,15H2,1-2H3,(H,28,31)/t16-,23+/m0/s1. The highest BCUT2D eigenvalue weighted by Crippen LogP contribution is 2.43. The van der Waals surface area contributed by atoms with Crippen molar-refractivity contribution in [3.8, 4) is 0 Å². The molecule has 172 valence electrons. The maximum absolute atomic E-state index is 12.9. The van der Waals surface area contributed by atoms with Crippen molar-refractivity contribution in [3.63, 3.8) is 0 Å². The number of thioether (sulfide) groups is 1. The molecule has 1 aliphatic heterocycles. The van der Waals surface area contributed by atoms with E-state index in [-0.39, 0.29) is 28.9 Å². The third-order valence-electron chi connectivity index (χ3n) is 5.55. The van der Waals surface area contributed by atoms with Crippen molar-refractivity contribution in [1.82, 2.24) is 0 Å². The molecule has 2 aromatic carbocycles. The number of hydrogen-bond acceptors (Lipinski definition) is 3. The number of amides is 2. The fourth-order valence-corrected chi connectivity index (χ4v) is 4.91. The van der Waals surface area contributed by atoms with Crippen LogP contribution in [0, 0.1) is 5.92 Å². The number of nitrogens with zero attached hydrogens (tertiary/aromatic N) is 1. The van der Waals surface area contributed by atoms with E-state index in [4.69, 9.17) is 0 Å². The van der Waals surface area contributed by atoms with Gasteiger partial charge in [-0.25, -0.2) is 0 Å². The summed E-state index contributed by atoms with van der Waals surface area (Å²) >= 11 is 1.41. The number of unbranched alkanes of at least 4 members (excludes halogenated alkanes) is 1. The highest BCUT2D eigenvalue weighted by Gasteiger charge is 2.35. The second-order valence-electron chi connectivity index (χ2n) is 7.83. The van der Waals surface area contributed by atoms with Gasteiger partial charge in [0.15, 0.2) is 0 Å². The third kappa shape index (κ3) is 5.65. The first-order valence-electron chi connectivity index (χ1n) is 10.8. The van der Waals surface area contributed by atoms with Gasteiger partial charge in [0, 0.05) is 17.3 Å². The summed E-state index contributed by atoms with van der Waals surface area (Å²) in [7, 11) is 0. The van der Waals surface area contributed by atoms with Crippen LogP contribution >= 0.6 is 11.8 Å². The van der Waals surface area contributed by atoms with Gasteiger partial charge >= 0.3 is 6.18 Å². The van der Waals surface area contributed by atoms with E-state index in [2.05, 4.69) is 12.2 Å². The van der Waals surface area contributed by atoms with Gasteiger partial charge in [0.05, 0.1) is 11.3 Å². The minimum Gasteiger partial charge on any atom is -0.326 e. The minimum atomic E-state index is -4.43. The molecule has 3 rings (SSSR count). The van der Waals surface area contributed by atoms with Gasteiger partial charge in [0.25, 0.3) is 0 Å². The summed E-state index contributed by atoms with van der Waals surface area (Å²) in [6.45, 7) is 4.09. The number of carbonyl (C=O) groups is 2. The summed E-state index contributed by atoms with van der Waals surface area (Å²) < 4.78 is 38.7. The van der Waals surface area contributed by atoms with Crippen molar-refractivity contribution in [1.29, 1.82) is 0 Å². The molecule has 4 nitrogen and oxygen atoms in total. The van der Waals surface area contributed by atoms with Crippen molar-refractivity contribution in [2.24, 2.45) is 5.92 Å². The maximum atomic E-state index is 12.9. The van der Waals surface area contributed by atoms with Crippen molar-refractivity contribution >= 4 is 35.0 Å². The molecule has 0 saturated carbocycles. The lowest BCUT2D eigenvalue weighted by Crippen LogP contribution is -2.28. The average Bonchev–Trinajstić information content (AvgIpc) is 3.15. The fraction of sp³-hybridized carbons (Fsp3) is 0.417. The first-order valence-corrected chi connectivity index (χ1v) is 11.8. The Balaban J connectivity index is 1.79. The quantitative estimate of drug-likeness (QED) is 0.476. The number of benzene rings is 2. The monoisotopic (exact) mass is 464 g/mol. The van der Waals surface area contributed by atoms with Crippen LogP contribution in [0.1, 0.15) is 56.0 Å². The van der Waals surface area contributed by atoms with Gasteiger partial charge in [0.1, 0.15) is 5.37 Å². The highest BCUT2D eigenvalue weighted by atomic mass is 32.2. The first-order chi connectivity index (χ1) is 15.2. The Labute approximate surface area is 190 Å². The second kappa shape index (κ2) is 10.4. The smallest absolute Gasteiger partial charge is 0.326 e. The van der Waals surface area contributed by atoms with Crippen molar-refractivity contribution in [3.05, 3.63) is 59.7 Å². The zero-order valence-corrected chi connectivity index (χ0v) is 18.9. The summed E-state index contributed by atoms with van der Waals surface area (Å²) in [5, 5.41) is 2.60. The molecular weight excluding hydrogens is 437 g/mol. The van der Waals surface area contributed by atoms with Gasteiger partial charge in [-0.2, -0.15) is 13.2 Å². The Kier molecular flexibility index (Phi) is 7.87. The van der Waals surface area contributed by atoms with Gasteiger partial charge in [-0.05, 0) is 54.8 Å². The lowest BCUT2D eigenvalue weighted by molar-refractivity contribution is -0.137. The Hall–Kier alpha value is -2.48. The largest absolute Gasteiger partial charge is 0.416 e. The van der Waals surface area contributed by atoms with Crippen LogP contribution in [-0.2, 0) is 15.8 Å². The van der Waals surface area contributed by atoms with E-state index in [9.17, 15) is 22.8 Å². The lowest BCUT2D eigenvalue weighted by Gasteiger charge is -2.25. The first kappa shape index (κ1) is 24.2. The SMILES string of the molecule is CCCC[C@H](CC)C(=O)Nc1cccc([C@H]2SCC(=O)N2c2ccc(C(F)(F)F)cc2)c1. The van der Waals surface area contributed by atoms with Crippen LogP contribution < -0.4 is 10.2 Å². The van der Waals surface area contributed by atoms with E-state index >= 15 is 0 Å². The van der Waals surface area contributed by atoms with Crippen LogP contribution in [0.5, 0.6) is 0 Å². The van der Waals surface area contributed by atoms with E-state index in [1.165, 1.54) is 28.8 Å². The molecule has 0 aromatic heterocycles. The number of carbonyl (C=O) groups excluding carboxylic acids is 2. The summed E-state index contributed by atoms with van der Waals surface area (Å²) in [5.41, 5.74) is 1.11. The van der Waals surface area contributed by atoms with Crippen molar-refractivity contribution in [2.45, 2.75) is 51.1 Å². The topological polar surface area (TPSA) is 49.4 Å². The average molecular weight is 465 g/mol. The van der Waals surface area contributed by atoms with Crippen LogP contribution in [0.2, 0.25) is 0 Å². The van der Waals surface area contributed by atoms with Crippen LogP contribution in [0.3, 0.4) is 0 Å². The van der Waals surface area contributed by atoms with Gasteiger partial charge < -0.3 is 5.32 Å². The normalized spacial score (nSPS) is 17.5. The van der Waals surface area contributed by atoms with E-state index in [1.54, 1.807) is 6.07 Å². The molecule has 0 unspecified atom stereocenters. The fourth-order valence-electron chi connectivity index (χ4n) is 3.75. The number of alkyl halides is 3. The lowest BCUT2D eigenvalue weighted by atomic mass is 9.98. The number of hydrogen-bond donors (Lipinski definition) is 1. The number of halogens is 3. The van der Waals surface area contributed by atoms with Gasteiger partial charge in [0.2, 0.25) is 11.8 Å². The zero-order chi connectivity index (χ0) is 23.3. The molecule has 2 aromatic rings. The molecule has 0 spiro atoms. The summed E-state index contributed by atoms with van der Waals surface area (Å²) in [5.74, 6) is -0.00524. The van der Waals surface area contributed by atoms with Crippen molar-refractivity contribution < 1.29 is 22.8 Å². The van der Waals surface area contributed by atoms with E-state index < -0.39 is 11.7 Å². The molecule has 32 heavy (non-hydrogen) atoms. The Morgan fingerprint density at radius 2 is 1.91 bits per heavy atom. The molecular formula is C24H27F3N2O2S. The van der Waals surface area contributed by atoms with Crippen LogP contribution in [0.15, 0.2) is 48.5 Å². The summed E-state index contributed by atoms with van der Waals surface area (Å²) in [6.07, 6.45) is -0.796. The second-order valence-corrected chi connectivity index (χ2v) is 8.90. The molecule has 2 amide bonds. The summed E-state index contributed by atoms with van der Waals surface area (Å²) in [4.78, 5) is 26.7. The Morgan fingerprint density at radius 3 is 2.53 bits per heavy atom. The number of anilines is 2. The van der Waals surface area contributed by atoms with E-state index in [0.29, 0.717) is 11.4 Å². The van der Waals surface area contributed by atoms with E-state index in [0.717, 1.165) is 43.4 Å². The van der Waals surface area contributed by atoms with Crippen molar-refractivity contribution in [2.75, 3.05) is 16.0 Å². The molecule has 1 N–H and O–H groups in total. The third-order valence-corrected chi connectivity index (χ3v) is 6.76. The molecule has 0 bridgehead atoms. The van der Waals surface area contributed by atoms with Gasteiger partial charge in [-0.1, -0.05) is 38.8 Å². The van der Waals surface area contributed by atoms with Gasteiger partial charge in [-0.15, -0.1) is 11.8 Å². The predicted octanol–water partition coefficient (Wildman–Crippen LogP) is 6.64. The number of nitrogens with one attached hydrogen (secondary N) is 1. The molecule has 0 radical (unpaired) electrons. The van der Waals surface area contributed by atoms with Crippen LogP contribution in [-0.4, -0.2) is 17.6 Å². The Morgan fingerprint density at radius 1 is 1.19 bits per heavy atom. The predicted molar refractivity (Wildman–Crippen MR) is 123 cm³/mol. The molecule has 2 atom stereocenters. The summed E-state index contributed by atoms with van der Waals surface area (Å²) in [6, 6.07) is 11.9. The van der Waals surface area contributed by atoms with Crippen LogP contribution in [0.4, 0.5) is 24.5 Å².